The van der Waals surface area contributed by atoms with Crippen LogP contribution >= 0.6 is 7.80 Å². The van der Waals surface area contributed by atoms with E-state index in [9.17, 15) is 4.57 Å². The Hall–Kier alpha value is 0.814. The van der Waals surface area contributed by atoms with Gasteiger partial charge in [0.1, 0.15) is 12.3 Å². The summed E-state index contributed by atoms with van der Waals surface area (Å²) in [6, 6.07) is 0. The first kappa shape index (κ1) is 22.1. The molecule has 0 atom stereocenters. The van der Waals surface area contributed by atoms with Gasteiger partial charge >= 0.3 is 7.80 Å². The third-order valence-corrected chi connectivity index (χ3v) is 5.15. The largest absolute Gasteiger partial charge is 0.338 e. The molecule has 19 heavy (non-hydrogen) atoms. The fourth-order valence-electron chi connectivity index (χ4n) is 2.25. The first-order valence-electron chi connectivity index (χ1n) is 8.23. The van der Waals surface area contributed by atoms with Crippen LogP contribution in [-0.4, -0.2) is 12.3 Å². The van der Waals surface area contributed by atoms with Crippen LogP contribution in [0.15, 0.2) is 0 Å². The van der Waals surface area contributed by atoms with Crippen molar-refractivity contribution in [1.82, 2.24) is 0 Å². The van der Waals surface area contributed by atoms with E-state index in [-0.39, 0.29) is 21.7 Å². The maximum absolute atomic E-state index is 11.8. The Labute approximate surface area is 137 Å². The zero-order valence-electron chi connectivity index (χ0n) is 13.3. The van der Waals surface area contributed by atoms with Crippen LogP contribution in [0.2, 0.25) is 0 Å². The molecule has 0 aliphatic rings. The topological polar surface area (TPSA) is 17.1 Å². The molecule has 0 saturated carbocycles. The molecular formula is C16H34OPTi+. The van der Waals surface area contributed by atoms with Crippen molar-refractivity contribution >= 4 is 7.80 Å². The second-order valence-corrected chi connectivity index (χ2v) is 7.32. The maximum Gasteiger partial charge on any atom is 0.338 e. The molecule has 0 unspecified atom stereocenters. The molecule has 0 N–H and O–H groups in total. The van der Waals surface area contributed by atoms with Crippen LogP contribution in [0.5, 0.6) is 0 Å². The molecule has 0 aromatic rings. The van der Waals surface area contributed by atoms with Crippen LogP contribution in [-0.2, 0) is 26.3 Å². The molecule has 0 aliphatic heterocycles. The van der Waals surface area contributed by atoms with E-state index in [1.165, 1.54) is 77.0 Å². The predicted octanol–water partition coefficient (Wildman–Crippen LogP) is 6.53. The average Bonchev–Trinajstić information content (AvgIpc) is 2.38. The summed E-state index contributed by atoms with van der Waals surface area (Å²) in [4.78, 5) is 0. The van der Waals surface area contributed by atoms with Gasteiger partial charge in [-0.25, -0.2) is 0 Å². The van der Waals surface area contributed by atoms with Gasteiger partial charge in [0.2, 0.25) is 0 Å². The van der Waals surface area contributed by atoms with Crippen LogP contribution in [0.3, 0.4) is 0 Å². The minimum atomic E-state index is -0.880. The SMILES string of the molecule is CCCCCCCC[P+](=O)CCCCCCCC.[Ti]. The molecule has 0 fully saturated rings. The summed E-state index contributed by atoms with van der Waals surface area (Å²) in [5, 5.41) is 0. The monoisotopic (exact) mass is 321 g/mol. The predicted molar refractivity (Wildman–Crippen MR) is 84.1 cm³/mol. The Bertz CT molecular complexity index is 168. The van der Waals surface area contributed by atoms with Crippen LogP contribution in [0.25, 0.3) is 0 Å². The Morgan fingerprint density at radius 2 is 0.895 bits per heavy atom. The van der Waals surface area contributed by atoms with Crippen molar-refractivity contribution in [3.05, 3.63) is 0 Å². The molecule has 0 saturated heterocycles. The van der Waals surface area contributed by atoms with E-state index in [2.05, 4.69) is 13.8 Å². The van der Waals surface area contributed by atoms with Gasteiger partial charge in [-0.3, -0.25) is 0 Å². The van der Waals surface area contributed by atoms with E-state index >= 15 is 0 Å². The van der Waals surface area contributed by atoms with E-state index in [0.29, 0.717) is 0 Å². The van der Waals surface area contributed by atoms with Gasteiger partial charge < -0.3 is 0 Å². The smallest absolute Gasteiger partial charge is 0.0748 e. The first-order valence-corrected chi connectivity index (χ1v) is 9.86. The molecule has 0 radical (unpaired) electrons. The molecule has 0 rings (SSSR count). The molecule has 0 spiro atoms. The quantitative estimate of drug-likeness (QED) is 0.202. The van der Waals surface area contributed by atoms with Crippen LogP contribution in [0.4, 0.5) is 0 Å². The van der Waals surface area contributed by atoms with Crippen molar-refractivity contribution in [2.24, 2.45) is 0 Å². The van der Waals surface area contributed by atoms with Crippen molar-refractivity contribution in [2.45, 2.75) is 90.9 Å². The number of unbranched alkanes of at least 4 members (excludes halogenated alkanes) is 10. The first-order chi connectivity index (χ1) is 8.81. The third kappa shape index (κ3) is 18.8. The fraction of sp³-hybridized carbons (Fsp3) is 1.00. The summed E-state index contributed by atoms with van der Waals surface area (Å²) >= 11 is 0. The standard InChI is InChI=1S/C16H34OP.Ti/c1-3-5-7-9-11-13-15-18(17)16-14-12-10-8-6-4-2;/h3-16H2,1-2H3;/q+1;. The molecule has 0 bridgehead atoms. The summed E-state index contributed by atoms with van der Waals surface area (Å²) in [7, 11) is -0.880. The van der Waals surface area contributed by atoms with E-state index in [1.807, 2.05) is 0 Å². The zero-order valence-corrected chi connectivity index (χ0v) is 15.7. The summed E-state index contributed by atoms with van der Waals surface area (Å²) in [5.74, 6) is 0. The van der Waals surface area contributed by atoms with Gasteiger partial charge in [0.15, 0.2) is 0 Å². The minimum absolute atomic E-state index is 0. The number of hydrogen-bond acceptors (Lipinski definition) is 1. The summed E-state index contributed by atoms with van der Waals surface area (Å²) < 4.78 is 11.8. The van der Waals surface area contributed by atoms with E-state index < -0.39 is 7.80 Å². The van der Waals surface area contributed by atoms with E-state index in [1.54, 1.807) is 0 Å². The van der Waals surface area contributed by atoms with Gasteiger partial charge in [0, 0.05) is 21.7 Å². The maximum atomic E-state index is 11.8. The van der Waals surface area contributed by atoms with Gasteiger partial charge in [-0.05, 0) is 25.7 Å². The molecule has 0 aliphatic carbocycles. The molecule has 3 heteroatoms. The average molecular weight is 321 g/mol. The summed E-state index contributed by atoms with van der Waals surface area (Å²) in [6.07, 6.45) is 17.7. The number of hydrogen-bond donors (Lipinski definition) is 0. The van der Waals surface area contributed by atoms with E-state index in [4.69, 9.17) is 0 Å². The fourth-order valence-corrected chi connectivity index (χ4v) is 3.63. The Balaban J connectivity index is 0. The molecule has 0 amide bonds. The van der Waals surface area contributed by atoms with Gasteiger partial charge in [-0.1, -0.05) is 69.8 Å². The van der Waals surface area contributed by atoms with Crippen LogP contribution in [0, 0.1) is 0 Å². The van der Waals surface area contributed by atoms with Gasteiger partial charge in [0.05, 0.1) is 0 Å². The van der Waals surface area contributed by atoms with Gasteiger partial charge in [0.25, 0.3) is 0 Å². The number of rotatable bonds is 14. The normalized spacial score (nSPS) is 10.2. The molecule has 0 heterocycles. The summed E-state index contributed by atoms with van der Waals surface area (Å²) in [6.45, 7) is 4.49. The second kappa shape index (κ2) is 18.8. The Morgan fingerprint density at radius 1 is 0.579 bits per heavy atom. The molecule has 1 nitrogen and oxygen atoms in total. The Morgan fingerprint density at radius 3 is 1.26 bits per heavy atom. The molecule has 0 aromatic heterocycles. The molecule has 0 aromatic carbocycles. The van der Waals surface area contributed by atoms with Crippen molar-refractivity contribution in [3.63, 3.8) is 0 Å². The summed E-state index contributed by atoms with van der Waals surface area (Å²) in [5.41, 5.74) is 0. The molecular weight excluding hydrogens is 287 g/mol. The van der Waals surface area contributed by atoms with Gasteiger partial charge in [-0.15, -0.1) is 0 Å². The molecule has 112 valence electrons. The Kier molecular flexibility index (Phi) is 21.9. The van der Waals surface area contributed by atoms with Crippen molar-refractivity contribution < 1.29 is 26.3 Å². The second-order valence-electron chi connectivity index (χ2n) is 5.46. The van der Waals surface area contributed by atoms with Crippen LogP contribution in [0.1, 0.15) is 90.9 Å². The van der Waals surface area contributed by atoms with E-state index in [0.717, 1.165) is 12.3 Å². The van der Waals surface area contributed by atoms with Gasteiger partial charge in [-0.2, -0.15) is 0 Å². The van der Waals surface area contributed by atoms with Crippen molar-refractivity contribution in [3.8, 4) is 0 Å². The van der Waals surface area contributed by atoms with Crippen molar-refractivity contribution in [2.75, 3.05) is 12.3 Å². The van der Waals surface area contributed by atoms with Crippen LogP contribution < -0.4 is 0 Å². The van der Waals surface area contributed by atoms with Crippen molar-refractivity contribution in [1.29, 1.82) is 0 Å². The third-order valence-electron chi connectivity index (χ3n) is 3.52. The zero-order chi connectivity index (χ0) is 13.5. The minimum Gasteiger partial charge on any atom is -0.0748 e.